The number of nitrogens with two attached hydrogens (primary N) is 1. The number of nitrogens with zero attached hydrogens (tertiary/aromatic N) is 1. The number of benzene rings is 1. The van der Waals surface area contributed by atoms with Gasteiger partial charge in [-0.05, 0) is 63.6 Å². The van der Waals surface area contributed by atoms with Crippen molar-refractivity contribution in [2.24, 2.45) is 11.7 Å². The number of aryl methyl sites for hydroxylation is 1. The number of rotatable bonds is 6. The molecule has 0 amide bonds. The predicted molar refractivity (Wildman–Crippen MR) is 86.7 cm³/mol. The molecule has 1 fully saturated rings. The van der Waals surface area contributed by atoms with Gasteiger partial charge in [-0.25, -0.2) is 0 Å². The van der Waals surface area contributed by atoms with Gasteiger partial charge in [0.05, 0.1) is 0 Å². The molecule has 0 saturated carbocycles. The molecule has 0 bridgehead atoms. The van der Waals surface area contributed by atoms with Crippen molar-refractivity contribution in [2.75, 3.05) is 13.1 Å². The molecule has 1 unspecified atom stereocenters. The molecular formula is C18H30N2. The van der Waals surface area contributed by atoms with Crippen molar-refractivity contribution < 1.29 is 0 Å². The first-order valence-electron chi connectivity index (χ1n) is 8.21. The van der Waals surface area contributed by atoms with Crippen molar-refractivity contribution in [2.45, 2.75) is 58.5 Å². The fourth-order valence-electron chi connectivity index (χ4n) is 3.16. The summed E-state index contributed by atoms with van der Waals surface area (Å²) in [6.45, 7) is 7.98. The van der Waals surface area contributed by atoms with Crippen LogP contribution in [0, 0.1) is 12.8 Å². The van der Waals surface area contributed by atoms with Crippen LogP contribution in [0.15, 0.2) is 24.3 Å². The molecule has 0 spiro atoms. The molecule has 2 nitrogen and oxygen atoms in total. The van der Waals surface area contributed by atoms with E-state index < -0.39 is 0 Å². The van der Waals surface area contributed by atoms with E-state index in [-0.39, 0.29) is 0 Å². The largest absolute Gasteiger partial charge is 0.328 e. The monoisotopic (exact) mass is 274 g/mol. The molecule has 0 aliphatic carbocycles. The fourth-order valence-corrected chi connectivity index (χ4v) is 3.16. The highest BCUT2D eigenvalue weighted by Gasteiger charge is 2.19. The van der Waals surface area contributed by atoms with E-state index in [4.69, 9.17) is 5.73 Å². The van der Waals surface area contributed by atoms with Gasteiger partial charge in [0, 0.05) is 12.6 Å². The first-order chi connectivity index (χ1) is 9.67. The summed E-state index contributed by atoms with van der Waals surface area (Å²) < 4.78 is 0. The maximum atomic E-state index is 6.02. The van der Waals surface area contributed by atoms with Gasteiger partial charge in [0.1, 0.15) is 0 Å². The van der Waals surface area contributed by atoms with Gasteiger partial charge in [-0.1, -0.05) is 36.8 Å². The number of hydrogen-bond donors (Lipinski definition) is 1. The third-order valence-corrected chi connectivity index (χ3v) is 4.67. The minimum absolute atomic E-state index is 0.417. The summed E-state index contributed by atoms with van der Waals surface area (Å²) >= 11 is 0. The van der Waals surface area contributed by atoms with Crippen LogP contribution in [0.1, 0.15) is 50.2 Å². The molecule has 1 aromatic carbocycles. The SMILES string of the molecule is CCC(N)CCC1CCN(Cc2cccc(C)c2)CC1. The van der Waals surface area contributed by atoms with Gasteiger partial charge in [0.2, 0.25) is 0 Å². The van der Waals surface area contributed by atoms with Crippen LogP contribution in [0.4, 0.5) is 0 Å². The Morgan fingerprint density at radius 3 is 2.70 bits per heavy atom. The summed E-state index contributed by atoms with van der Waals surface area (Å²) in [6.07, 6.45) is 6.35. The molecule has 1 aliphatic heterocycles. The van der Waals surface area contributed by atoms with Crippen molar-refractivity contribution in [1.82, 2.24) is 4.90 Å². The first-order valence-corrected chi connectivity index (χ1v) is 8.21. The topological polar surface area (TPSA) is 29.3 Å². The molecule has 0 radical (unpaired) electrons. The molecule has 1 aliphatic rings. The van der Waals surface area contributed by atoms with Crippen LogP contribution in [-0.4, -0.2) is 24.0 Å². The molecule has 112 valence electrons. The van der Waals surface area contributed by atoms with Crippen LogP contribution in [0.5, 0.6) is 0 Å². The number of likely N-dealkylation sites (tertiary alicyclic amines) is 1. The first kappa shape index (κ1) is 15.5. The Balaban J connectivity index is 1.71. The third kappa shape index (κ3) is 4.92. The lowest BCUT2D eigenvalue weighted by Gasteiger charge is -2.32. The quantitative estimate of drug-likeness (QED) is 0.856. The Bertz CT molecular complexity index is 394. The van der Waals surface area contributed by atoms with E-state index in [0.29, 0.717) is 6.04 Å². The lowest BCUT2D eigenvalue weighted by Crippen LogP contribution is -2.33. The minimum atomic E-state index is 0.417. The molecule has 1 atom stereocenters. The van der Waals surface area contributed by atoms with E-state index in [0.717, 1.165) is 18.9 Å². The summed E-state index contributed by atoms with van der Waals surface area (Å²) in [6, 6.07) is 9.32. The fraction of sp³-hybridized carbons (Fsp3) is 0.667. The zero-order valence-electron chi connectivity index (χ0n) is 13.1. The summed E-state index contributed by atoms with van der Waals surface area (Å²) in [5, 5.41) is 0. The molecule has 1 saturated heterocycles. The minimum Gasteiger partial charge on any atom is -0.328 e. The van der Waals surface area contributed by atoms with Crippen LogP contribution in [0.3, 0.4) is 0 Å². The van der Waals surface area contributed by atoms with Gasteiger partial charge >= 0.3 is 0 Å². The highest BCUT2D eigenvalue weighted by atomic mass is 15.1. The average molecular weight is 274 g/mol. The number of piperidine rings is 1. The van der Waals surface area contributed by atoms with Gasteiger partial charge in [0.25, 0.3) is 0 Å². The van der Waals surface area contributed by atoms with Gasteiger partial charge < -0.3 is 5.73 Å². The third-order valence-electron chi connectivity index (χ3n) is 4.67. The maximum absolute atomic E-state index is 6.02. The number of hydrogen-bond acceptors (Lipinski definition) is 2. The smallest absolute Gasteiger partial charge is 0.0233 e. The van der Waals surface area contributed by atoms with E-state index in [2.05, 4.69) is 43.0 Å². The van der Waals surface area contributed by atoms with Gasteiger partial charge in [-0.15, -0.1) is 0 Å². The van der Waals surface area contributed by atoms with Gasteiger partial charge in [-0.3, -0.25) is 4.90 Å². The summed E-state index contributed by atoms with van der Waals surface area (Å²) in [4.78, 5) is 2.60. The molecule has 2 rings (SSSR count). The predicted octanol–water partition coefficient (Wildman–Crippen LogP) is 3.72. The molecule has 2 N–H and O–H groups in total. The molecule has 0 aromatic heterocycles. The van der Waals surface area contributed by atoms with Crippen LogP contribution < -0.4 is 5.73 Å². The Morgan fingerprint density at radius 1 is 1.30 bits per heavy atom. The average Bonchev–Trinajstić information content (AvgIpc) is 2.46. The zero-order chi connectivity index (χ0) is 14.4. The van der Waals surface area contributed by atoms with E-state index in [1.807, 2.05) is 0 Å². The second-order valence-electron chi connectivity index (χ2n) is 6.45. The molecule has 1 heterocycles. The Morgan fingerprint density at radius 2 is 2.05 bits per heavy atom. The van der Waals surface area contributed by atoms with Gasteiger partial charge in [0.15, 0.2) is 0 Å². The second-order valence-corrected chi connectivity index (χ2v) is 6.45. The van der Waals surface area contributed by atoms with E-state index in [1.165, 1.54) is 49.9 Å². The van der Waals surface area contributed by atoms with Crippen molar-refractivity contribution in [1.29, 1.82) is 0 Å². The van der Waals surface area contributed by atoms with Crippen molar-refractivity contribution in [3.05, 3.63) is 35.4 Å². The van der Waals surface area contributed by atoms with Crippen molar-refractivity contribution >= 4 is 0 Å². The van der Waals surface area contributed by atoms with E-state index in [9.17, 15) is 0 Å². The highest BCUT2D eigenvalue weighted by Crippen LogP contribution is 2.23. The molecule has 1 aromatic rings. The Hall–Kier alpha value is -0.860. The van der Waals surface area contributed by atoms with Crippen LogP contribution >= 0.6 is 0 Å². The summed E-state index contributed by atoms with van der Waals surface area (Å²) in [5.41, 5.74) is 8.84. The second kappa shape index (κ2) is 7.80. The van der Waals surface area contributed by atoms with Crippen LogP contribution in [-0.2, 0) is 6.54 Å². The molecule has 20 heavy (non-hydrogen) atoms. The van der Waals surface area contributed by atoms with Crippen molar-refractivity contribution in [3.63, 3.8) is 0 Å². The van der Waals surface area contributed by atoms with Crippen molar-refractivity contribution in [3.8, 4) is 0 Å². The van der Waals surface area contributed by atoms with Crippen LogP contribution in [0.25, 0.3) is 0 Å². The standard InChI is InChI=1S/C18H30N2/c1-3-18(19)8-7-16-9-11-20(12-10-16)14-17-6-4-5-15(2)13-17/h4-6,13,16,18H,3,7-12,14,19H2,1-2H3. The van der Waals surface area contributed by atoms with Crippen LogP contribution in [0.2, 0.25) is 0 Å². The molecule has 2 heteroatoms. The van der Waals surface area contributed by atoms with Gasteiger partial charge in [-0.2, -0.15) is 0 Å². The van der Waals surface area contributed by atoms with E-state index in [1.54, 1.807) is 0 Å². The maximum Gasteiger partial charge on any atom is 0.0233 e. The highest BCUT2D eigenvalue weighted by molar-refractivity contribution is 5.22. The zero-order valence-corrected chi connectivity index (χ0v) is 13.1. The Labute approximate surface area is 124 Å². The molecular weight excluding hydrogens is 244 g/mol. The Kier molecular flexibility index (Phi) is 6.06. The summed E-state index contributed by atoms with van der Waals surface area (Å²) in [7, 11) is 0. The lowest BCUT2D eigenvalue weighted by atomic mass is 9.90. The van der Waals surface area contributed by atoms with E-state index >= 15 is 0 Å². The summed E-state index contributed by atoms with van der Waals surface area (Å²) in [5.74, 6) is 0.904. The normalized spacial score (nSPS) is 19.1. The lowest BCUT2D eigenvalue weighted by molar-refractivity contribution is 0.169.